The van der Waals surface area contributed by atoms with Crippen LogP contribution in [0.2, 0.25) is 0 Å². The molecular weight excluding hydrogens is 366 g/mol. The molecule has 2 aliphatic rings. The fourth-order valence-corrected chi connectivity index (χ4v) is 3.89. The van der Waals surface area contributed by atoms with Crippen LogP contribution in [-0.2, 0) is 14.3 Å². The molecule has 3 heterocycles. The van der Waals surface area contributed by atoms with Crippen molar-refractivity contribution >= 4 is 28.8 Å². The highest BCUT2D eigenvalue weighted by molar-refractivity contribution is 7.09. The second-order valence-corrected chi connectivity index (χ2v) is 7.70. The van der Waals surface area contributed by atoms with Crippen LogP contribution in [0.15, 0.2) is 23.6 Å². The second kappa shape index (κ2) is 7.66. The third kappa shape index (κ3) is 3.96. The Kier molecular flexibility index (Phi) is 5.09. The minimum Gasteiger partial charge on any atom is -0.482 e. The number of benzene rings is 1. The molecule has 2 aliphatic heterocycles. The molecule has 1 fully saturated rings. The first-order valence-corrected chi connectivity index (χ1v) is 9.86. The largest absolute Gasteiger partial charge is 0.482 e. The van der Waals surface area contributed by atoms with E-state index in [0.29, 0.717) is 18.0 Å². The van der Waals surface area contributed by atoms with Crippen molar-refractivity contribution < 1.29 is 19.1 Å². The van der Waals surface area contributed by atoms with Crippen molar-refractivity contribution in [3.05, 3.63) is 28.6 Å². The number of hydrogen-bond acceptors (Lipinski definition) is 6. The van der Waals surface area contributed by atoms with Gasteiger partial charge in [0.2, 0.25) is 5.91 Å². The van der Waals surface area contributed by atoms with Crippen LogP contribution < -0.4 is 15.0 Å². The van der Waals surface area contributed by atoms with E-state index in [9.17, 15) is 9.59 Å². The van der Waals surface area contributed by atoms with Gasteiger partial charge in [-0.25, -0.2) is 4.98 Å². The number of fused-ring (bicyclic) bond motifs is 1. The van der Waals surface area contributed by atoms with Crippen LogP contribution in [0.4, 0.5) is 5.69 Å². The number of nitrogens with zero attached hydrogens (tertiary/aromatic N) is 2. The lowest BCUT2D eigenvalue weighted by Gasteiger charge is -2.29. The summed E-state index contributed by atoms with van der Waals surface area (Å²) in [5, 5.41) is 5.81. The van der Waals surface area contributed by atoms with E-state index in [1.165, 1.54) is 4.90 Å². The van der Waals surface area contributed by atoms with Crippen LogP contribution in [0.5, 0.6) is 5.75 Å². The summed E-state index contributed by atoms with van der Waals surface area (Å²) >= 11 is 1.57. The van der Waals surface area contributed by atoms with Gasteiger partial charge in [0.15, 0.2) is 6.61 Å². The van der Waals surface area contributed by atoms with Crippen LogP contribution >= 0.6 is 11.3 Å². The lowest BCUT2D eigenvalue weighted by Crippen LogP contribution is -2.46. The monoisotopic (exact) mass is 387 g/mol. The Hall–Kier alpha value is -2.45. The number of nitrogens with one attached hydrogen (secondary N) is 1. The highest BCUT2D eigenvalue weighted by Crippen LogP contribution is 2.36. The van der Waals surface area contributed by atoms with E-state index in [-0.39, 0.29) is 31.1 Å². The first-order chi connectivity index (χ1) is 13.1. The Morgan fingerprint density at radius 3 is 3.07 bits per heavy atom. The molecule has 1 unspecified atom stereocenters. The molecule has 2 aromatic rings. The Morgan fingerprint density at radius 1 is 1.44 bits per heavy atom. The summed E-state index contributed by atoms with van der Waals surface area (Å²) in [4.78, 5) is 30.7. The first kappa shape index (κ1) is 17.9. The minimum atomic E-state index is -0.235. The predicted molar refractivity (Wildman–Crippen MR) is 102 cm³/mol. The van der Waals surface area contributed by atoms with Gasteiger partial charge in [-0.05, 0) is 38.0 Å². The molecule has 0 aliphatic carbocycles. The van der Waals surface area contributed by atoms with Crippen molar-refractivity contribution in [3.63, 3.8) is 0 Å². The average molecular weight is 387 g/mol. The summed E-state index contributed by atoms with van der Waals surface area (Å²) in [6, 6.07) is 5.59. The predicted octanol–water partition coefficient (Wildman–Crippen LogP) is 2.14. The first-order valence-electron chi connectivity index (χ1n) is 8.98. The molecule has 8 heteroatoms. The van der Waals surface area contributed by atoms with Gasteiger partial charge in [0.25, 0.3) is 5.91 Å². The van der Waals surface area contributed by atoms with E-state index in [2.05, 4.69) is 10.3 Å². The van der Waals surface area contributed by atoms with Crippen LogP contribution in [0.1, 0.15) is 17.8 Å². The maximum absolute atomic E-state index is 12.4. The van der Waals surface area contributed by atoms with Gasteiger partial charge in [0.05, 0.1) is 22.5 Å². The van der Waals surface area contributed by atoms with E-state index in [1.807, 2.05) is 30.5 Å². The van der Waals surface area contributed by atoms with E-state index < -0.39 is 0 Å². The molecule has 7 nitrogen and oxygen atoms in total. The van der Waals surface area contributed by atoms with E-state index in [4.69, 9.17) is 9.47 Å². The number of aromatic nitrogens is 1. The molecule has 0 spiro atoms. The normalized spacial score (nSPS) is 18.9. The van der Waals surface area contributed by atoms with Gasteiger partial charge in [-0.2, -0.15) is 0 Å². The number of hydrogen-bond donors (Lipinski definition) is 1. The summed E-state index contributed by atoms with van der Waals surface area (Å²) in [5.41, 5.74) is 2.34. The number of aryl methyl sites for hydroxylation is 1. The van der Waals surface area contributed by atoms with Gasteiger partial charge in [-0.15, -0.1) is 11.3 Å². The fourth-order valence-electron chi connectivity index (χ4n) is 3.26. The molecule has 1 aromatic heterocycles. The molecule has 1 saturated heterocycles. The molecule has 1 aromatic carbocycles. The third-order valence-corrected chi connectivity index (χ3v) is 5.44. The summed E-state index contributed by atoms with van der Waals surface area (Å²) in [6.45, 7) is 3.06. The van der Waals surface area contributed by atoms with Crippen molar-refractivity contribution in [1.29, 1.82) is 0 Å². The van der Waals surface area contributed by atoms with Gasteiger partial charge in [0.1, 0.15) is 12.3 Å². The van der Waals surface area contributed by atoms with Gasteiger partial charge in [0, 0.05) is 24.1 Å². The van der Waals surface area contributed by atoms with Gasteiger partial charge in [-0.1, -0.05) is 0 Å². The Morgan fingerprint density at radius 2 is 2.33 bits per heavy atom. The van der Waals surface area contributed by atoms with Crippen molar-refractivity contribution in [3.8, 4) is 17.0 Å². The Bertz CT molecular complexity index is 860. The van der Waals surface area contributed by atoms with Crippen LogP contribution in [0.3, 0.4) is 0 Å². The highest BCUT2D eigenvalue weighted by atomic mass is 32.1. The molecule has 0 saturated carbocycles. The van der Waals surface area contributed by atoms with Crippen LogP contribution in [-0.4, -0.2) is 49.2 Å². The molecule has 2 amide bonds. The topological polar surface area (TPSA) is 80.8 Å². The molecule has 0 radical (unpaired) electrons. The number of thiazole rings is 1. The lowest BCUT2D eigenvalue weighted by molar-refractivity contribution is -0.125. The zero-order valence-corrected chi connectivity index (χ0v) is 15.9. The highest BCUT2D eigenvalue weighted by Gasteiger charge is 2.28. The van der Waals surface area contributed by atoms with Crippen molar-refractivity contribution in [2.75, 3.05) is 31.2 Å². The zero-order valence-electron chi connectivity index (χ0n) is 15.1. The van der Waals surface area contributed by atoms with Crippen molar-refractivity contribution in [1.82, 2.24) is 10.3 Å². The summed E-state index contributed by atoms with van der Waals surface area (Å²) in [5.74, 6) is 0.153. The molecule has 4 rings (SSSR count). The Labute approximate surface area is 161 Å². The number of amides is 2. The maximum atomic E-state index is 12.4. The van der Waals surface area contributed by atoms with Crippen molar-refractivity contribution in [2.24, 2.45) is 0 Å². The van der Waals surface area contributed by atoms with Crippen molar-refractivity contribution in [2.45, 2.75) is 25.9 Å². The average Bonchev–Trinajstić information content (AvgIpc) is 3.34. The summed E-state index contributed by atoms with van der Waals surface area (Å²) in [7, 11) is 0. The number of ether oxygens (including phenoxy) is 2. The van der Waals surface area contributed by atoms with Gasteiger partial charge < -0.3 is 14.8 Å². The van der Waals surface area contributed by atoms with E-state index in [0.717, 1.165) is 35.7 Å². The maximum Gasteiger partial charge on any atom is 0.265 e. The Balaban J connectivity index is 1.51. The number of rotatable bonds is 5. The standard InChI is InChI=1S/C19H21N3O4S/c1-12-21-15(11-27-12)13-4-5-17-16(7-13)22(19(24)10-26-17)9-18(23)20-8-14-3-2-6-25-14/h4-5,7,11,14H,2-3,6,8-10H2,1H3,(H,20,23). The van der Waals surface area contributed by atoms with E-state index in [1.54, 1.807) is 11.3 Å². The minimum absolute atomic E-state index is 0.0402. The zero-order chi connectivity index (χ0) is 18.8. The SMILES string of the molecule is Cc1nc(-c2ccc3c(c2)N(CC(=O)NCC2CCCO2)C(=O)CO3)cs1. The molecule has 1 atom stereocenters. The quantitative estimate of drug-likeness (QED) is 0.850. The number of carbonyl (C=O) groups excluding carboxylic acids is 2. The molecular formula is C19H21N3O4S. The van der Waals surface area contributed by atoms with E-state index >= 15 is 0 Å². The second-order valence-electron chi connectivity index (χ2n) is 6.64. The lowest BCUT2D eigenvalue weighted by atomic mass is 10.1. The molecule has 142 valence electrons. The summed E-state index contributed by atoms with van der Waals surface area (Å²) < 4.78 is 11.0. The van der Waals surface area contributed by atoms with Crippen LogP contribution in [0, 0.1) is 6.92 Å². The van der Waals surface area contributed by atoms with Gasteiger partial charge >= 0.3 is 0 Å². The van der Waals surface area contributed by atoms with Crippen LogP contribution in [0.25, 0.3) is 11.3 Å². The molecule has 0 bridgehead atoms. The number of anilines is 1. The number of carbonyl (C=O) groups is 2. The molecule has 27 heavy (non-hydrogen) atoms. The summed E-state index contributed by atoms with van der Waals surface area (Å²) in [6.07, 6.45) is 2.05. The van der Waals surface area contributed by atoms with Gasteiger partial charge in [-0.3, -0.25) is 14.5 Å². The fraction of sp³-hybridized carbons (Fsp3) is 0.421. The molecule has 1 N–H and O–H groups in total. The smallest absolute Gasteiger partial charge is 0.265 e. The third-order valence-electron chi connectivity index (χ3n) is 4.67.